The largest absolute Gasteiger partial charge is 0.480 e. The Hall–Kier alpha value is -1.63. The summed E-state index contributed by atoms with van der Waals surface area (Å²) in [6.07, 6.45) is 1.11. The molecule has 1 saturated heterocycles. The Morgan fingerprint density at radius 2 is 1.90 bits per heavy atom. The molecule has 2 amide bonds. The summed E-state index contributed by atoms with van der Waals surface area (Å²) in [5.74, 6) is -1.90. The van der Waals surface area contributed by atoms with Crippen LogP contribution in [0.25, 0.3) is 0 Å². The number of nitrogens with zero attached hydrogens (tertiary/aromatic N) is 1. The van der Waals surface area contributed by atoms with Crippen molar-refractivity contribution in [1.29, 1.82) is 0 Å². The van der Waals surface area contributed by atoms with Crippen molar-refractivity contribution < 1.29 is 19.5 Å². The molecule has 7 heteroatoms. The minimum absolute atomic E-state index is 0.139. The van der Waals surface area contributed by atoms with Crippen LogP contribution in [0.2, 0.25) is 0 Å². The quantitative estimate of drug-likeness (QED) is 0.633. The van der Waals surface area contributed by atoms with Crippen LogP contribution >= 0.6 is 0 Å². The standard InChI is InChI=1S/C13H23N3O4/c1-7(2)10(15-11(17)8(3)14)12(18)16-6-4-5-9(16)13(19)20/h7-10H,4-6,14H2,1-3H3,(H,15,17)(H,19,20)/t8-,9-,10-/m0/s1. The van der Waals surface area contributed by atoms with Crippen LogP contribution in [0.3, 0.4) is 0 Å². The number of aliphatic carboxylic acids is 1. The molecular weight excluding hydrogens is 262 g/mol. The van der Waals surface area contributed by atoms with Crippen LogP contribution < -0.4 is 11.1 Å². The highest BCUT2D eigenvalue weighted by Gasteiger charge is 2.38. The van der Waals surface area contributed by atoms with Crippen molar-refractivity contribution in [2.75, 3.05) is 6.54 Å². The summed E-state index contributed by atoms with van der Waals surface area (Å²) < 4.78 is 0. The minimum atomic E-state index is -1.00. The lowest BCUT2D eigenvalue weighted by molar-refractivity contribution is -0.150. The van der Waals surface area contributed by atoms with Gasteiger partial charge in [-0.25, -0.2) is 4.79 Å². The maximum atomic E-state index is 12.5. The first-order chi connectivity index (χ1) is 9.25. The summed E-state index contributed by atoms with van der Waals surface area (Å²) in [6, 6.07) is -2.25. The van der Waals surface area contributed by atoms with E-state index in [1.54, 1.807) is 13.8 Å². The van der Waals surface area contributed by atoms with Gasteiger partial charge in [0.05, 0.1) is 6.04 Å². The molecule has 0 aromatic carbocycles. The molecule has 1 rings (SSSR count). The van der Waals surface area contributed by atoms with Crippen LogP contribution in [-0.2, 0) is 14.4 Å². The van der Waals surface area contributed by atoms with E-state index < -0.39 is 30.0 Å². The third-order valence-electron chi connectivity index (χ3n) is 3.46. The van der Waals surface area contributed by atoms with Gasteiger partial charge in [0.1, 0.15) is 12.1 Å². The van der Waals surface area contributed by atoms with E-state index in [1.807, 2.05) is 0 Å². The fourth-order valence-electron chi connectivity index (χ4n) is 2.26. The van der Waals surface area contributed by atoms with Crippen molar-refractivity contribution in [3.63, 3.8) is 0 Å². The van der Waals surface area contributed by atoms with Gasteiger partial charge in [0.2, 0.25) is 11.8 Å². The number of nitrogens with two attached hydrogens (primary N) is 1. The number of likely N-dealkylation sites (tertiary alicyclic amines) is 1. The Morgan fingerprint density at radius 3 is 2.35 bits per heavy atom. The van der Waals surface area contributed by atoms with Gasteiger partial charge in [0.15, 0.2) is 0 Å². The van der Waals surface area contributed by atoms with Crippen molar-refractivity contribution in [2.24, 2.45) is 11.7 Å². The average Bonchev–Trinajstić information content (AvgIpc) is 2.83. The van der Waals surface area contributed by atoms with Gasteiger partial charge in [-0.2, -0.15) is 0 Å². The number of hydrogen-bond donors (Lipinski definition) is 3. The van der Waals surface area contributed by atoms with E-state index in [4.69, 9.17) is 10.8 Å². The third-order valence-corrected chi connectivity index (χ3v) is 3.46. The fraction of sp³-hybridized carbons (Fsp3) is 0.769. The molecule has 1 aliphatic rings. The van der Waals surface area contributed by atoms with Crippen molar-refractivity contribution >= 4 is 17.8 Å². The Balaban J connectivity index is 2.83. The lowest BCUT2D eigenvalue weighted by Gasteiger charge is -2.29. The Kier molecular flexibility index (Phi) is 5.50. The highest BCUT2D eigenvalue weighted by atomic mass is 16.4. The summed E-state index contributed by atoms with van der Waals surface area (Å²) in [7, 11) is 0. The van der Waals surface area contributed by atoms with E-state index in [0.717, 1.165) is 0 Å². The van der Waals surface area contributed by atoms with E-state index in [9.17, 15) is 14.4 Å². The highest BCUT2D eigenvalue weighted by molar-refractivity contribution is 5.92. The monoisotopic (exact) mass is 285 g/mol. The van der Waals surface area contributed by atoms with Crippen molar-refractivity contribution in [2.45, 2.75) is 51.7 Å². The van der Waals surface area contributed by atoms with Gasteiger partial charge in [0, 0.05) is 6.54 Å². The van der Waals surface area contributed by atoms with Gasteiger partial charge in [-0.15, -0.1) is 0 Å². The first kappa shape index (κ1) is 16.4. The maximum absolute atomic E-state index is 12.5. The summed E-state index contributed by atoms with van der Waals surface area (Å²) in [6.45, 7) is 5.55. The fourth-order valence-corrected chi connectivity index (χ4v) is 2.26. The molecule has 0 spiro atoms. The van der Waals surface area contributed by atoms with Crippen molar-refractivity contribution in [1.82, 2.24) is 10.2 Å². The molecule has 1 fully saturated rings. The smallest absolute Gasteiger partial charge is 0.326 e. The van der Waals surface area contributed by atoms with Gasteiger partial charge >= 0.3 is 5.97 Å². The molecule has 0 unspecified atom stereocenters. The third kappa shape index (κ3) is 3.69. The van der Waals surface area contributed by atoms with E-state index in [2.05, 4.69) is 5.32 Å². The molecule has 1 heterocycles. The van der Waals surface area contributed by atoms with E-state index >= 15 is 0 Å². The predicted molar refractivity (Wildman–Crippen MR) is 72.8 cm³/mol. The van der Waals surface area contributed by atoms with Crippen LogP contribution in [0.5, 0.6) is 0 Å². The number of hydrogen-bond acceptors (Lipinski definition) is 4. The molecule has 0 aromatic heterocycles. The second-order valence-corrected chi connectivity index (χ2v) is 5.55. The van der Waals surface area contributed by atoms with E-state index in [-0.39, 0.29) is 11.8 Å². The average molecular weight is 285 g/mol. The molecule has 0 bridgehead atoms. The Labute approximate surface area is 118 Å². The van der Waals surface area contributed by atoms with Crippen LogP contribution in [0.1, 0.15) is 33.6 Å². The summed E-state index contributed by atoms with van der Waals surface area (Å²) in [5.41, 5.74) is 5.48. The number of nitrogens with one attached hydrogen (secondary N) is 1. The molecule has 1 aliphatic heterocycles. The summed E-state index contributed by atoms with van der Waals surface area (Å²) >= 11 is 0. The minimum Gasteiger partial charge on any atom is -0.480 e. The number of carboxylic acid groups (broad SMARTS) is 1. The lowest BCUT2D eigenvalue weighted by Crippen LogP contribution is -2.56. The zero-order valence-electron chi connectivity index (χ0n) is 12.1. The molecule has 0 saturated carbocycles. The van der Waals surface area contributed by atoms with E-state index in [1.165, 1.54) is 11.8 Å². The van der Waals surface area contributed by atoms with Crippen LogP contribution in [-0.4, -0.2) is 52.5 Å². The Bertz CT molecular complexity index is 395. The zero-order valence-corrected chi connectivity index (χ0v) is 12.1. The van der Waals surface area contributed by atoms with Gasteiger partial charge in [0.25, 0.3) is 0 Å². The number of carbonyl (C=O) groups is 3. The van der Waals surface area contributed by atoms with Gasteiger partial charge < -0.3 is 21.1 Å². The molecule has 20 heavy (non-hydrogen) atoms. The van der Waals surface area contributed by atoms with Gasteiger partial charge in [-0.3, -0.25) is 9.59 Å². The molecule has 114 valence electrons. The number of carboxylic acids is 1. The molecular formula is C13H23N3O4. The SMILES string of the molecule is CC(C)[C@H](NC(=O)[C@H](C)N)C(=O)N1CCC[C@H]1C(=O)O. The maximum Gasteiger partial charge on any atom is 0.326 e. The Morgan fingerprint density at radius 1 is 1.30 bits per heavy atom. The van der Waals surface area contributed by atoms with Crippen LogP contribution in [0.4, 0.5) is 0 Å². The van der Waals surface area contributed by atoms with Crippen molar-refractivity contribution in [3.8, 4) is 0 Å². The van der Waals surface area contributed by atoms with Crippen LogP contribution in [0.15, 0.2) is 0 Å². The summed E-state index contributed by atoms with van der Waals surface area (Å²) in [5, 5.41) is 11.7. The molecule has 4 N–H and O–H groups in total. The lowest BCUT2D eigenvalue weighted by atomic mass is 10.0. The molecule has 3 atom stereocenters. The summed E-state index contributed by atoms with van der Waals surface area (Å²) in [4.78, 5) is 36.6. The second-order valence-electron chi connectivity index (χ2n) is 5.55. The molecule has 0 aliphatic carbocycles. The number of rotatable bonds is 5. The highest BCUT2D eigenvalue weighted by Crippen LogP contribution is 2.20. The first-order valence-corrected chi connectivity index (χ1v) is 6.85. The zero-order chi connectivity index (χ0) is 15.4. The molecule has 0 aromatic rings. The van der Waals surface area contributed by atoms with Gasteiger partial charge in [-0.05, 0) is 25.7 Å². The normalized spacial score (nSPS) is 21.6. The predicted octanol–water partition coefficient (Wildman–Crippen LogP) is -0.450. The van der Waals surface area contributed by atoms with E-state index in [0.29, 0.717) is 19.4 Å². The topological polar surface area (TPSA) is 113 Å². The molecule has 7 nitrogen and oxygen atoms in total. The van der Waals surface area contributed by atoms with Crippen LogP contribution in [0, 0.1) is 5.92 Å². The number of carbonyl (C=O) groups excluding carboxylic acids is 2. The first-order valence-electron chi connectivity index (χ1n) is 6.85. The second kappa shape index (κ2) is 6.69. The van der Waals surface area contributed by atoms with Gasteiger partial charge in [-0.1, -0.05) is 13.8 Å². The van der Waals surface area contributed by atoms with Crippen molar-refractivity contribution in [3.05, 3.63) is 0 Å². The molecule has 0 radical (unpaired) electrons. The number of amides is 2.